The molecular formula is C14H19NO3. The lowest BCUT2D eigenvalue weighted by Crippen LogP contribution is -2.38. The number of carbonyl (C=O) groups excluding carboxylic acids is 1. The molecule has 0 N–H and O–H groups in total. The summed E-state index contributed by atoms with van der Waals surface area (Å²) in [6.07, 6.45) is 2.24. The second-order valence-corrected chi connectivity index (χ2v) is 4.40. The van der Waals surface area contributed by atoms with Crippen LogP contribution in [0.15, 0.2) is 24.3 Å². The van der Waals surface area contributed by atoms with Crippen molar-refractivity contribution in [1.29, 1.82) is 0 Å². The maximum absolute atomic E-state index is 11.9. The van der Waals surface area contributed by atoms with Crippen molar-refractivity contribution in [3.05, 3.63) is 29.8 Å². The molecule has 0 aliphatic carbocycles. The van der Waals surface area contributed by atoms with Crippen molar-refractivity contribution in [1.82, 2.24) is 4.90 Å². The summed E-state index contributed by atoms with van der Waals surface area (Å²) in [5.74, 6) is 1.01. The predicted octanol–water partition coefficient (Wildman–Crippen LogP) is 1.83. The fourth-order valence-electron chi connectivity index (χ4n) is 2.00. The van der Waals surface area contributed by atoms with E-state index in [0.717, 1.165) is 37.3 Å². The number of amides is 1. The average Bonchev–Trinajstić information content (AvgIpc) is 2.46. The molecular weight excluding hydrogens is 230 g/mol. The first-order valence-electron chi connectivity index (χ1n) is 6.28. The first-order valence-corrected chi connectivity index (χ1v) is 6.28. The molecule has 1 fully saturated rings. The summed E-state index contributed by atoms with van der Waals surface area (Å²) in [6.45, 7) is 2.03. The minimum absolute atomic E-state index is 0.172. The lowest BCUT2D eigenvalue weighted by Gasteiger charge is -2.26. The van der Waals surface area contributed by atoms with E-state index in [1.807, 2.05) is 24.3 Å². The van der Waals surface area contributed by atoms with E-state index in [0.29, 0.717) is 13.2 Å². The van der Waals surface area contributed by atoms with Gasteiger partial charge in [-0.15, -0.1) is 0 Å². The molecule has 1 heterocycles. The van der Waals surface area contributed by atoms with Crippen LogP contribution in [0.4, 0.5) is 0 Å². The smallest absolute Gasteiger partial charge is 0.224 e. The zero-order valence-electron chi connectivity index (χ0n) is 10.7. The van der Waals surface area contributed by atoms with E-state index < -0.39 is 0 Å². The standard InChI is InChI=1S/C14H19NO3/c1-17-13-6-3-12(4-7-13)5-8-14(16)15-9-2-10-18-11-15/h3-4,6-7H,2,5,8-11H2,1H3. The van der Waals surface area contributed by atoms with Crippen LogP contribution in [0.3, 0.4) is 0 Å². The van der Waals surface area contributed by atoms with E-state index in [9.17, 15) is 4.79 Å². The molecule has 0 unspecified atom stereocenters. The van der Waals surface area contributed by atoms with Gasteiger partial charge in [0.05, 0.1) is 13.7 Å². The SMILES string of the molecule is COc1ccc(CCC(=O)N2CCCOC2)cc1. The third-order valence-electron chi connectivity index (χ3n) is 3.10. The van der Waals surface area contributed by atoms with Crippen molar-refractivity contribution < 1.29 is 14.3 Å². The largest absolute Gasteiger partial charge is 0.497 e. The van der Waals surface area contributed by atoms with Crippen LogP contribution < -0.4 is 4.74 Å². The van der Waals surface area contributed by atoms with Gasteiger partial charge in [-0.25, -0.2) is 0 Å². The van der Waals surface area contributed by atoms with Gasteiger partial charge in [-0.05, 0) is 30.5 Å². The van der Waals surface area contributed by atoms with E-state index in [4.69, 9.17) is 9.47 Å². The summed E-state index contributed by atoms with van der Waals surface area (Å²) >= 11 is 0. The molecule has 4 heteroatoms. The highest BCUT2D eigenvalue weighted by atomic mass is 16.5. The maximum Gasteiger partial charge on any atom is 0.224 e. The first-order chi connectivity index (χ1) is 8.79. The molecule has 2 rings (SSSR count). The monoisotopic (exact) mass is 249 g/mol. The van der Waals surface area contributed by atoms with Crippen LogP contribution in [0.2, 0.25) is 0 Å². The minimum Gasteiger partial charge on any atom is -0.497 e. The fraction of sp³-hybridized carbons (Fsp3) is 0.500. The Morgan fingerprint density at radius 3 is 2.78 bits per heavy atom. The molecule has 1 aromatic carbocycles. The van der Waals surface area contributed by atoms with Crippen molar-refractivity contribution in [3.63, 3.8) is 0 Å². The van der Waals surface area contributed by atoms with Crippen LogP contribution >= 0.6 is 0 Å². The van der Waals surface area contributed by atoms with Gasteiger partial charge in [0.2, 0.25) is 5.91 Å². The van der Waals surface area contributed by atoms with Crippen LogP contribution in [-0.2, 0) is 16.0 Å². The van der Waals surface area contributed by atoms with E-state index in [1.54, 1.807) is 12.0 Å². The van der Waals surface area contributed by atoms with Crippen molar-refractivity contribution >= 4 is 5.91 Å². The van der Waals surface area contributed by atoms with E-state index in [-0.39, 0.29) is 5.91 Å². The van der Waals surface area contributed by atoms with Gasteiger partial charge in [-0.2, -0.15) is 0 Å². The number of aryl methyl sites for hydroxylation is 1. The molecule has 1 aliphatic heterocycles. The van der Waals surface area contributed by atoms with Crippen molar-refractivity contribution in [3.8, 4) is 5.75 Å². The molecule has 1 saturated heterocycles. The zero-order chi connectivity index (χ0) is 12.8. The molecule has 0 bridgehead atoms. The molecule has 1 aromatic rings. The number of hydrogen-bond donors (Lipinski definition) is 0. The number of hydrogen-bond acceptors (Lipinski definition) is 3. The average molecular weight is 249 g/mol. The van der Waals surface area contributed by atoms with Gasteiger partial charge < -0.3 is 14.4 Å². The Morgan fingerprint density at radius 1 is 1.39 bits per heavy atom. The molecule has 18 heavy (non-hydrogen) atoms. The summed E-state index contributed by atoms with van der Waals surface area (Å²) in [7, 11) is 1.65. The highest BCUT2D eigenvalue weighted by Gasteiger charge is 2.16. The Labute approximate surface area is 107 Å². The second kappa shape index (κ2) is 6.40. The lowest BCUT2D eigenvalue weighted by atomic mass is 10.1. The highest BCUT2D eigenvalue weighted by molar-refractivity contribution is 5.76. The van der Waals surface area contributed by atoms with Crippen LogP contribution in [0.5, 0.6) is 5.75 Å². The number of benzene rings is 1. The fourth-order valence-corrected chi connectivity index (χ4v) is 2.00. The molecule has 0 saturated carbocycles. The summed E-state index contributed by atoms with van der Waals surface area (Å²) in [4.78, 5) is 13.7. The molecule has 0 spiro atoms. The maximum atomic E-state index is 11.9. The quantitative estimate of drug-likeness (QED) is 0.817. The first kappa shape index (κ1) is 12.9. The number of methoxy groups -OCH3 is 1. The van der Waals surface area contributed by atoms with Gasteiger partial charge in [-0.1, -0.05) is 12.1 Å². The Balaban J connectivity index is 1.80. The molecule has 0 aromatic heterocycles. The van der Waals surface area contributed by atoms with Crippen LogP contribution in [0.1, 0.15) is 18.4 Å². The molecule has 0 radical (unpaired) electrons. The van der Waals surface area contributed by atoms with Gasteiger partial charge in [0.1, 0.15) is 12.5 Å². The number of nitrogens with zero attached hydrogens (tertiary/aromatic N) is 1. The normalized spacial score (nSPS) is 15.5. The third kappa shape index (κ3) is 3.47. The molecule has 4 nitrogen and oxygen atoms in total. The van der Waals surface area contributed by atoms with Gasteiger partial charge in [-0.3, -0.25) is 4.79 Å². The Bertz CT molecular complexity index is 383. The topological polar surface area (TPSA) is 38.8 Å². The summed E-state index contributed by atoms with van der Waals surface area (Å²) in [5.41, 5.74) is 1.15. The van der Waals surface area contributed by atoms with Gasteiger partial charge in [0.25, 0.3) is 0 Å². The predicted molar refractivity (Wildman–Crippen MR) is 68.5 cm³/mol. The van der Waals surface area contributed by atoms with E-state index in [1.165, 1.54) is 0 Å². The van der Waals surface area contributed by atoms with Crippen LogP contribution in [0.25, 0.3) is 0 Å². The van der Waals surface area contributed by atoms with Crippen molar-refractivity contribution in [2.45, 2.75) is 19.3 Å². The Morgan fingerprint density at radius 2 is 2.17 bits per heavy atom. The number of carbonyl (C=O) groups is 1. The number of ether oxygens (including phenoxy) is 2. The Hall–Kier alpha value is -1.55. The van der Waals surface area contributed by atoms with Crippen LogP contribution in [-0.4, -0.2) is 37.8 Å². The summed E-state index contributed by atoms with van der Waals surface area (Å²) < 4.78 is 10.4. The summed E-state index contributed by atoms with van der Waals surface area (Å²) in [6, 6.07) is 7.84. The molecule has 98 valence electrons. The highest BCUT2D eigenvalue weighted by Crippen LogP contribution is 2.13. The second-order valence-electron chi connectivity index (χ2n) is 4.40. The third-order valence-corrected chi connectivity index (χ3v) is 3.10. The zero-order valence-corrected chi connectivity index (χ0v) is 10.7. The molecule has 1 amide bonds. The Kier molecular flexibility index (Phi) is 4.59. The van der Waals surface area contributed by atoms with E-state index in [2.05, 4.69) is 0 Å². The summed E-state index contributed by atoms with van der Waals surface area (Å²) in [5, 5.41) is 0. The van der Waals surface area contributed by atoms with Crippen molar-refractivity contribution in [2.75, 3.05) is 27.0 Å². The van der Waals surface area contributed by atoms with Gasteiger partial charge in [0, 0.05) is 13.0 Å². The molecule has 1 aliphatic rings. The molecule has 0 atom stereocenters. The van der Waals surface area contributed by atoms with Crippen LogP contribution in [0, 0.1) is 0 Å². The van der Waals surface area contributed by atoms with E-state index >= 15 is 0 Å². The van der Waals surface area contributed by atoms with Gasteiger partial charge in [0.15, 0.2) is 0 Å². The minimum atomic E-state index is 0.172. The number of rotatable bonds is 4. The van der Waals surface area contributed by atoms with Crippen molar-refractivity contribution in [2.24, 2.45) is 0 Å². The van der Waals surface area contributed by atoms with Gasteiger partial charge >= 0.3 is 0 Å². The lowest BCUT2D eigenvalue weighted by molar-refractivity contribution is -0.140.